The minimum Gasteiger partial charge on any atom is -0.0622 e. The molecule has 9 heavy (non-hydrogen) atoms. The fraction of sp³-hybridized carbons (Fsp3) is 1.00. The van der Waals surface area contributed by atoms with E-state index in [4.69, 9.17) is 0 Å². The molecule has 0 radical (unpaired) electrons. The van der Waals surface area contributed by atoms with Crippen LogP contribution in [0.2, 0.25) is 0 Å². The molecule has 0 heterocycles. The molecule has 1 rings (SSSR count). The van der Waals surface area contributed by atoms with Gasteiger partial charge in [-0.1, -0.05) is 27.7 Å². The van der Waals surface area contributed by atoms with Gasteiger partial charge in [-0.3, -0.25) is 0 Å². The third kappa shape index (κ3) is 1.12. The maximum atomic E-state index is 2.39. The Morgan fingerprint density at radius 2 is 1.11 bits per heavy atom. The maximum absolute atomic E-state index is 2.39. The maximum Gasteiger partial charge on any atom is -0.0389 e. The summed E-state index contributed by atoms with van der Waals surface area (Å²) in [5.41, 5.74) is 0. The first kappa shape index (κ1) is 7.11. The number of hydrogen-bond acceptors (Lipinski definition) is 0. The van der Waals surface area contributed by atoms with E-state index in [2.05, 4.69) is 27.7 Å². The lowest BCUT2D eigenvalue weighted by atomic mass is 9.92. The van der Waals surface area contributed by atoms with Gasteiger partial charge < -0.3 is 0 Å². The SMILES string of the molecule is C[C@@H]1[C@@H](C)[C@@H](C)C[C@H]1C. The van der Waals surface area contributed by atoms with E-state index >= 15 is 0 Å². The van der Waals surface area contributed by atoms with Crippen LogP contribution in [0.1, 0.15) is 34.1 Å². The molecule has 1 aliphatic carbocycles. The second kappa shape index (κ2) is 2.32. The van der Waals surface area contributed by atoms with E-state index in [9.17, 15) is 0 Å². The predicted octanol–water partition coefficient (Wildman–Crippen LogP) is 2.93. The molecular weight excluding hydrogens is 108 g/mol. The van der Waals surface area contributed by atoms with Crippen molar-refractivity contribution in [1.29, 1.82) is 0 Å². The highest BCUT2D eigenvalue weighted by Gasteiger charge is 2.31. The molecule has 0 aromatic rings. The van der Waals surface area contributed by atoms with Crippen molar-refractivity contribution < 1.29 is 0 Å². The quantitative estimate of drug-likeness (QED) is 0.468. The van der Waals surface area contributed by atoms with E-state index in [1.54, 1.807) is 0 Å². The van der Waals surface area contributed by atoms with Gasteiger partial charge in [0.25, 0.3) is 0 Å². The molecule has 0 bridgehead atoms. The van der Waals surface area contributed by atoms with Crippen LogP contribution in [0, 0.1) is 23.7 Å². The molecule has 0 spiro atoms. The lowest BCUT2D eigenvalue weighted by molar-refractivity contribution is 0.352. The zero-order valence-corrected chi connectivity index (χ0v) is 7.02. The second-order valence-electron chi connectivity index (χ2n) is 3.91. The van der Waals surface area contributed by atoms with E-state index in [-0.39, 0.29) is 0 Å². The van der Waals surface area contributed by atoms with E-state index < -0.39 is 0 Å². The molecule has 0 aromatic carbocycles. The fourth-order valence-electron chi connectivity index (χ4n) is 2.05. The normalized spacial score (nSPS) is 52.0. The molecule has 4 atom stereocenters. The number of rotatable bonds is 0. The fourth-order valence-corrected chi connectivity index (χ4v) is 2.05. The largest absolute Gasteiger partial charge is 0.0622 e. The Bertz CT molecular complexity index is 84.2. The molecule has 0 saturated heterocycles. The van der Waals surface area contributed by atoms with Crippen molar-refractivity contribution in [1.82, 2.24) is 0 Å². The summed E-state index contributed by atoms with van der Waals surface area (Å²) in [4.78, 5) is 0. The third-order valence-electron chi connectivity index (χ3n) is 3.37. The predicted molar refractivity (Wildman–Crippen MR) is 41.3 cm³/mol. The van der Waals surface area contributed by atoms with Crippen LogP contribution in [-0.2, 0) is 0 Å². The Balaban J connectivity index is 2.54. The summed E-state index contributed by atoms with van der Waals surface area (Å²) in [6.07, 6.45) is 1.45. The van der Waals surface area contributed by atoms with Crippen molar-refractivity contribution in [2.24, 2.45) is 23.7 Å². The van der Waals surface area contributed by atoms with Gasteiger partial charge in [0.05, 0.1) is 0 Å². The highest BCUT2D eigenvalue weighted by Crippen LogP contribution is 2.40. The van der Waals surface area contributed by atoms with Gasteiger partial charge in [0.15, 0.2) is 0 Å². The van der Waals surface area contributed by atoms with Crippen LogP contribution in [0.3, 0.4) is 0 Å². The Morgan fingerprint density at radius 3 is 1.22 bits per heavy atom. The van der Waals surface area contributed by atoms with Gasteiger partial charge in [0, 0.05) is 0 Å². The van der Waals surface area contributed by atoms with Crippen molar-refractivity contribution in [3.63, 3.8) is 0 Å². The first-order valence-corrected chi connectivity index (χ1v) is 4.13. The zero-order valence-electron chi connectivity index (χ0n) is 7.02. The highest BCUT2D eigenvalue weighted by molar-refractivity contribution is 4.81. The molecule has 0 unspecified atom stereocenters. The van der Waals surface area contributed by atoms with E-state index in [0.29, 0.717) is 0 Å². The Kier molecular flexibility index (Phi) is 1.83. The van der Waals surface area contributed by atoms with Crippen LogP contribution >= 0.6 is 0 Å². The molecule has 1 fully saturated rings. The van der Waals surface area contributed by atoms with Gasteiger partial charge >= 0.3 is 0 Å². The summed E-state index contributed by atoms with van der Waals surface area (Å²) >= 11 is 0. The van der Waals surface area contributed by atoms with Gasteiger partial charge in [-0.2, -0.15) is 0 Å². The van der Waals surface area contributed by atoms with Crippen LogP contribution in [0.5, 0.6) is 0 Å². The molecule has 0 aliphatic heterocycles. The van der Waals surface area contributed by atoms with Crippen LogP contribution < -0.4 is 0 Å². The van der Waals surface area contributed by atoms with Crippen LogP contribution in [-0.4, -0.2) is 0 Å². The van der Waals surface area contributed by atoms with Gasteiger partial charge in [0.2, 0.25) is 0 Å². The monoisotopic (exact) mass is 126 g/mol. The molecule has 54 valence electrons. The summed E-state index contributed by atoms with van der Waals surface area (Å²) in [6, 6.07) is 0. The number of hydrogen-bond donors (Lipinski definition) is 0. The first-order chi connectivity index (χ1) is 4.13. The molecule has 0 N–H and O–H groups in total. The third-order valence-corrected chi connectivity index (χ3v) is 3.37. The first-order valence-electron chi connectivity index (χ1n) is 4.13. The average molecular weight is 126 g/mol. The Labute approximate surface area is 58.7 Å². The van der Waals surface area contributed by atoms with Gasteiger partial charge in [-0.05, 0) is 30.1 Å². The van der Waals surface area contributed by atoms with Crippen LogP contribution in [0.15, 0.2) is 0 Å². The summed E-state index contributed by atoms with van der Waals surface area (Å²) in [5, 5.41) is 0. The van der Waals surface area contributed by atoms with Gasteiger partial charge in [-0.25, -0.2) is 0 Å². The topological polar surface area (TPSA) is 0 Å². The molecule has 0 nitrogen and oxygen atoms in total. The van der Waals surface area contributed by atoms with Crippen LogP contribution in [0.25, 0.3) is 0 Å². The summed E-state index contributed by atoms with van der Waals surface area (Å²) < 4.78 is 0. The average Bonchev–Trinajstić information content (AvgIpc) is 1.98. The summed E-state index contributed by atoms with van der Waals surface area (Å²) in [6.45, 7) is 9.53. The standard InChI is InChI=1S/C9H18/c1-6-5-7(2)9(4)8(6)3/h6-9H,5H2,1-4H3/t6-,7+,8-,9-/m0/s1. The lowest BCUT2D eigenvalue weighted by Gasteiger charge is -2.14. The van der Waals surface area contributed by atoms with Crippen molar-refractivity contribution in [2.75, 3.05) is 0 Å². The van der Waals surface area contributed by atoms with Gasteiger partial charge in [0.1, 0.15) is 0 Å². The molecule has 0 heteroatoms. The highest BCUT2D eigenvalue weighted by atomic mass is 14.4. The Hall–Kier alpha value is 0. The zero-order chi connectivity index (χ0) is 7.02. The summed E-state index contributed by atoms with van der Waals surface area (Å²) in [5.74, 6) is 3.85. The van der Waals surface area contributed by atoms with Gasteiger partial charge in [-0.15, -0.1) is 0 Å². The van der Waals surface area contributed by atoms with Crippen molar-refractivity contribution in [3.8, 4) is 0 Å². The molecule has 1 aliphatic rings. The van der Waals surface area contributed by atoms with Crippen LogP contribution in [0.4, 0.5) is 0 Å². The smallest absolute Gasteiger partial charge is 0.0389 e. The van der Waals surface area contributed by atoms with Crippen molar-refractivity contribution in [3.05, 3.63) is 0 Å². The van der Waals surface area contributed by atoms with E-state index in [0.717, 1.165) is 23.7 Å². The molecule has 0 amide bonds. The molecular formula is C9H18. The molecule has 0 aromatic heterocycles. The van der Waals surface area contributed by atoms with E-state index in [1.165, 1.54) is 6.42 Å². The molecule has 1 saturated carbocycles. The minimum atomic E-state index is 0.958. The van der Waals surface area contributed by atoms with E-state index in [1.807, 2.05) is 0 Å². The summed E-state index contributed by atoms with van der Waals surface area (Å²) in [7, 11) is 0. The Morgan fingerprint density at radius 1 is 0.778 bits per heavy atom. The second-order valence-corrected chi connectivity index (χ2v) is 3.91. The van der Waals surface area contributed by atoms with Crippen molar-refractivity contribution >= 4 is 0 Å². The van der Waals surface area contributed by atoms with Crippen molar-refractivity contribution in [2.45, 2.75) is 34.1 Å². The lowest BCUT2D eigenvalue weighted by Crippen LogP contribution is -2.07. The minimum absolute atomic E-state index is 0.958.